The fourth-order valence-electron chi connectivity index (χ4n) is 2.37. The molecule has 0 atom stereocenters. The summed E-state index contributed by atoms with van der Waals surface area (Å²) >= 11 is 12.3. The lowest BCUT2D eigenvalue weighted by molar-refractivity contribution is 0.102. The van der Waals surface area contributed by atoms with E-state index in [0.29, 0.717) is 28.0 Å². The van der Waals surface area contributed by atoms with Crippen LogP contribution < -0.4 is 5.32 Å². The zero-order valence-electron chi connectivity index (χ0n) is 13.0. The minimum atomic E-state index is -0.238. The number of halogens is 2. The van der Waals surface area contributed by atoms with E-state index in [1.54, 1.807) is 16.9 Å². The van der Waals surface area contributed by atoms with Crippen molar-refractivity contribution in [2.45, 2.75) is 13.5 Å². The maximum atomic E-state index is 12.4. The highest BCUT2D eigenvalue weighted by molar-refractivity contribution is 6.33. The minimum Gasteiger partial charge on any atom is -0.304 e. The van der Waals surface area contributed by atoms with Gasteiger partial charge in [0.1, 0.15) is 5.02 Å². The number of nitrogens with zero attached hydrogens (tertiary/aromatic N) is 2. The quantitative estimate of drug-likeness (QED) is 0.727. The molecule has 4 nitrogen and oxygen atoms in total. The molecule has 24 heavy (non-hydrogen) atoms. The number of aryl methyl sites for hydroxylation is 1. The minimum absolute atomic E-state index is 0.238. The van der Waals surface area contributed by atoms with E-state index >= 15 is 0 Å². The Hall–Kier alpha value is -2.30. The van der Waals surface area contributed by atoms with Crippen molar-refractivity contribution in [2.24, 2.45) is 0 Å². The molecule has 2 aromatic carbocycles. The van der Waals surface area contributed by atoms with Gasteiger partial charge in [-0.05, 0) is 30.2 Å². The summed E-state index contributed by atoms with van der Waals surface area (Å²) in [6, 6.07) is 14.9. The van der Waals surface area contributed by atoms with Crippen molar-refractivity contribution < 1.29 is 4.79 Å². The van der Waals surface area contributed by atoms with Gasteiger partial charge in [0.05, 0.1) is 6.54 Å². The Kier molecular flexibility index (Phi) is 4.88. The van der Waals surface area contributed by atoms with Crippen LogP contribution in [0, 0.1) is 6.92 Å². The third-order valence-electron chi connectivity index (χ3n) is 3.63. The summed E-state index contributed by atoms with van der Waals surface area (Å²) in [6.45, 7) is 2.35. The smallest absolute Gasteiger partial charge is 0.257 e. The van der Waals surface area contributed by atoms with Gasteiger partial charge < -0.3 is 5.32 Å². The average Bonchev–Trinajstić information content (AvgIpc) is 2.89. The Morgan fingerprint density at radius 1 is 1.08 bits per heavy atom. The Balaban J connectivity index is 1.78. The fraction of sp³-hybridized carbons (Fsp3) is 0.111. The number of hydrogen-bond acceptors (Lipinski definition) is 2. The normalized spacial score (nSPS) is 10.6. The van der Waals surface area contributed by atoms with Crippen LogP contribution >= 0.6 is 23.2 Å². The number of carbonyl (C=O) groups is 1. The van der Waals surface area contributed by atoms with Gasteiger partial charge in [0.2, 0.25) is 0 Å². The van der Waals surface area contributed by atoms with Crippen molar-refractivity contribution in [3.8, 4) is 0 Å². The van der Waals surface area contributed by atoms with Crippen LogP contribution in [-0.2, 0) is 6.54 Å². The maximum Gasteiger partial charge on any atom is 0.257 e. The molecule has 3 rings (SSSR count). The second-order valence-corrected chi connectivity index (χ2v) is 6.20. The monoisotopic (exact) mass is 359 g/mol. The summed E-state index contributed by atoms with van der Waals surface area (Å²) in [5.41, 5.74) is 2.41. The molecule has 1 aromatic heterocycles. The largest absolute Gasteiger partial charge is 0.304 e. The number of amides is 1. The predicted octanol–water partition coefficient (Wildman–Crippen LogP) is 4.80. The average molecular weight is 360 g/mol. The lowest BCUT2D eigenvalue weighted by Gasteiger charge is -2.06. The van der Waals surface area contributed by atoms with Crippen LogP contribution in [0.5, 0.6) is 0 Å². The van der Waals surface area contributed by atoms with Gasteiger partial charge in [-0.2, -0.15) is 5.10 Å². The van der Waals surface area contributed by atoms with Gasteiger partial charge in [-0.1, -0.05) is 59.6 Å². The molecule has 1 heterocycles. The molecule has 0 bridgehead atoms. The van der Waals surface area contributed by atoms with Gasteiger partial charge >= 0.3 is 0 Å². The van der Waals surface area contributed by atoms with Gasteiger partial charge in [0, 0.05) is 16.8 Å². The van der Waals surface area contributed by atoms with Gasteiger partial charge in [0.25, 0.3) is 5.91 Å². The second-order valence-electron chi connectivity index (χ2n) is 5.38. The lowest BCUT2D eigenvalue weighted by Crippen LogP contribution is -2.14. The van der Waals surface area contributed by atoms with Crippen LogP contribution in [-0.4, -0.2) is 15.7 Å². The van der Waals surface area contributed by atoms with Gasteiger partial charge in [0.15, 0.2) is 5.82 Å². The third-order valence-corrected chi connectivity index (χ3v) is 4.27. The Morgan fingerprint density at radius 3 is 2.54 bits per heavy atom. The summed E-state index contributed by atoms with van der Waals surface area (Å²) in [5, 5.41) is 8.13. The molecule has 0 radical (unpaired) electrons. The van der Waals surface area contributed by atoms with Crippen LogP contribution in [0.4, 0.5) is 5.82 Å². The topological polar surface area (TPSA) is 46.9 Å². The fourth-order valence-corrected chi connectivity index (χ4v) is 2.76. The number of anilines is 1. The van der Waals surface area contributed by atoms with E-state index < -0.39 is 0 Å². The molecule has 3 aromatic rings. The Labute approximate surface area is 150 Å². The van der Waals surface area contributed by atoms with E-state index in [9.17, 15) is 4.79 Å². The molecule has 122 valence electrons. The lowest BCUT2D eigenvalue weighted by atomic mass is 10.1. The number of aromatic nitrogens is 2. The summed E-state index contributed by atoms with van der Waals surface area (Å²) < 4.78 is 1.65. The molecular formula is C18H15Cl2N3O. The van der Waals surface area contributed by atoms with Crippen LogP contribution in [0.15, 0.2) is 54.7 Å². The van der Waals surface area contributed by atoms with E-state index in [4.69, 9.17) is 23.2 Å². The molecule has 1 amide bonds. The molecule has 6 heteroatoms. The van der Waals surface area contributed by atoms with Crippen molar-refractivity contribution in [3.05, 3.63) is 81.5 Å². The molecule has 0 saturated carbocycles. The molecule has 0 unspecified atom stereocenters. The van der Waals surface area contributed by atoms with E-state index in [-0.39, 0.29) is 5.91 Å². The summed E-state index contributed by atoms with van der Waals surface area (Å²) in [5.74, 6) is 0.0926. The van der Waals surface area contributed by atoms with E-state index in [0.717, 1.165) is 11.1 Å². The zero-order chi connectivity index (χ0) is 17.1. The number of benzene rings is 2. The van der Waals surface area contributed by atoms with Gasteiger partial charge in [-0.3, -0.25) is 9.48 Å². The first-order valence-electron chi connectivity index (χ1n) is 7.38. The molecule has 0 saturated heterocycles. The van der Waals surface area contributed by atoms with Crippen molar-refractivity contribution in [2.75, 3.05) is 5.32 Å². The Morgan fingerprint density at radius 2 is 1.79 bits per heavy atom. The van der Waals surface area contributed by atoms with Crippen molar-refractivity contribution in [1.29, 1.82) is 0 Å². The van der Waals surface area contributed by atoms with Crippen LogP contribution in [0.3, 0.4) is 0 Å². The number of nitrogens with one attached hydrogen (secondary N) is 1. The van der Waals surface area contributed by atoms with Crippen LogP contribution in [0.2, 0.25) is 10.0 Å². The summed E-state index contributed by atoms with van der Waals surface area (Å²) in [6.07, 6.45) is 1.67. The molecule has 1 N–H and O–H groups in total. The van der Waals surface area contributed by atoms with Gasteiger partial charge in [-0.25, -0.2) is 0 Å². The Bertz CT molecular complexity index is 889. The maximum absolute atomic E-state index is 12.4. The summed E-state index contributed by atoms with van der Waals surface area (Å²) in [4.78, 5) is 12.4. The molecule has 0 fully saturated rings. The second kappa shape index (κ2) is 7.07. The van der Waals surface area contributed by atoms with E-state index in [2.05, 4.69) is 10.4 Å². The SMILES string of the molecule is Cc1ccccc1C(=O)Nc1nn(Cc2ccccc2Cl)cc1Cl. The number of rotatable bonds is 4. The predicted molar refractivity (Wildman–Crippen MR) is 96.9 cm³/mol. The van der Waals surface area contributed by atoms with Crippen molar-refractivity contribution in [1.82, 2.24) is 9.78 Å². The van der Waals surface area contributed by atoms with Crippen LogP contribution in [0.25, 0.3) is 0 Å². The first-order chi connectivity index (χ1) is 11.5. The zero-order valence-corrected chi connectivity index (χ0v) is 14.5. The highest BCUT2D eigenvalue weighted by Gasteiger charge is 2.14. The number of carbonyl (C=O) groups excluding carboxylic acids is 1. The first kappa shape index (κ1) is 16.6. The molecule has 0 aliphatic carbocycles. The number of hydrogen-bond donors (Lipinski definition) is 1. The van der Waals surface area contributed by atoms with E-state index in [1.807, 2.05) is 49.4 Å². The summed E-state index contributed by atoms with van der Waals surface area (Å²) in [7, 11) is 0. The van der Waals surface area contributed by atoms with E-state index in [1.165, 1.54) is 0 Å². The van der Waals surface area contributed by atoms with Crippen LogP contribution in [0.1, 0.15) is 21.5 Å². The van der Waals surface area contributed by atoms with Gasteiger partial charge in [-0.15, -0.1) is 0 Å². The molecule has 0 aliphatic heterocycles. The van der Waals surface area contributed by atoms with Crippen molar-refractivity contribution in [3.63, 3.8) is 0 Å². The third kappa shape index (κ3) is 3.61. The van der Waals surface area contributed by atoms with Crippen molar-refractivity contribution >= 4 is 34.9 Å². The molecule has 0 aliphatic rings. The molecule has 0 spiro atoms. The first-order valence-corrected chi connectivity index (χ1v) is 8.13. The highest BCUT2D eigenvalue weighted by Crippen LogP contribution is 2.23. The highest BCUT2D eigenvalue weighted by atomic mass is 35.5. The standard InChI is InChI=1S/C18H15Cl2N3O/c1-12-6-2-4-8-14(12)18(24)21-17-16(20)11-23(22-17)10-13-7-3-5-9-15(13)19/h2-9,11H,10H2,1H3,(H,21,22,24). The molecular weight excluding hydrogens is 345 g/mol.